The molecular formula is C11H14N2O2S3. The van der Waals surface area contributed by atoms with E-state index in [1.54, 1.807) is 6.07 Å². The molecule has 0 aliphatic carbocycles. The van der Waals surface area contributed by atoms with Crippen LogP contribution in [0.15, 0.2) is 33.9 Å². The van der Waals surface area contributed by atoms with Crippen LogP contribution in [0.2, 0.25) is 0 Å². The van der Waals surface area contributed by atoms with Gasteiger partial charge in [-0.2, -0.15) is 0 Å². The Hall–Kier alpha value is -0.730. The Bertz CT molecular complexity index is 588. The molecule has 2 heterocycles. The molecular weight excluding hydrogens is 288 g/mol. The summed E-state index contributed by atoms with van der Waals surface area (Å²) in [6.07, 6.45) is 0.713. The molecule has 0 atom stereocenters. The van der Waals surface area contributed by atoms with Gasteiger partial charge in [0.05, 0.1) is 0 Å². The summed E-state index contributed by atoms with van der Waals surface area (Å²) < 4.78 is 27.0. The maximum atomic E-state index is 12.0. The lowest BCUT2D eigenvalue weighted by Crippen LogP contribution is -2.21. The molecule has 0 fully saturated rings. The van der Waals surface area contributed by atoms with Crippen LogP contribution in [0.1, 0.15) is 9.75 Å². The zero-order valence-electron chi connectivity index (χ0n) is 9.63. The van der Waals surface area contributed by atoms with E-state index in [-0.39, 0.29) is 0 Å². The molecule has 2 rings (SSSR count). The highest BCUT2D eigenvalue weighted by molar-refractivity contribution is 7.91. The second kappa shape index (κ2) is 5.94. The summed E-state index contributed by atoms with van der Waals surface area (Å²) in [5.74, 6) is 0. The normalized spacial score (nSPS) is 11.8. The number of hydrogen-bond acceptors (Lipinski definition) is 5. The van der Waals surface area contributed by atoms with Gasteiger partial charge in [0.25, 0.3) is 0 Å². The van der Waals surface area contributed by atoms with Crippen LogP contribution in [0.5, 0.6) is 0 Å². The maximum absolute atomic E-state index is 12.0. The third-order valence-electron chi connectivity index (χ3n) is 2.31. The first-order valence-corrected chi connectivity index (χ1v) is 8.60. The van der Waals surface area contributed by atoms with Crippen LogP contribution in [0.4, 0.5) is 0 Å². The monoisotopic (exact) mass is 302 g/mol. The Morgan fingerprint density at radius 1 is 1.22 bits per heavy atom. The van der Waals surface area contributed by atoms with Crippen molar-refractivity contribution >= 4 is 32.7 Å². The van der Waals surface area contributed by atoms with Crippen LogP contribution in [0.25, 0.3) is 0 Å². The van der Waals surface area contributed by atoms with Crippen LogP contribution in [0, 0.1) is 0 Å². The van der Waals surface area contributed by atoms with E-state index in [1.165, 1.54) is 22.7 Å². The summed E-state index contributed by atoms with van der Waals surface area (Å²) in [5, 5.41) is 1.92. The minimum Gasteiger partial charge on any atom is -0.330 e. The van der Waals surface area contributed by atoms with Crippen molar-refractivity contribution in [1.82, 2.24) is 4.72 Å². The Morgan fingerprint density at radius 2 is 2.06 bits per heavy atom. The molecule has 2 aromatic heterocycles. The second-order valence-corrected chi connectivity index (χ2v) is 7.86. The first-order valence-electron chi connectivity index (χ1n) is 5.42. The third kappa shape index (κ3) is 3.39. The second-order valence-electron chi connectivity index (χ2n) is 3.66. The highest BCUT2D eigenvalue weighted by Crippen LogP contribution is 2.22. The molecule has 3 N–H and O–H groups in total. The Kier molecular flexibility index (Phi) is 4.52. The van der Waals surface area contributed by atoms with Gasteiger partial charge in [0.15, 0.2) is 0 Å². The average molecular weight is 302 g/mol. The van der Waals surface area contributed by atoms with Crippen LogP contribution >= 0.6 is 22.7 Å². The zero-order chi connectivity index (χ0) is 13.0. The van der Waals surface area contributed by atoms with Gasteiger partial charge in [0.2, 0.25) is 10.0 Å². The fraction of sp³-hybridized carbons (Fsp3) is 0.273. The van der Waals surface area contributed by atoms with Crippen molar-refractivity contribution in [3.63, 3.8) is 0 Å². The summed E-state index contributed by atoms with van der Waals surface area (Å²) in [5.41, 5.74) is 5.44. The van der Waals surface area contributed by atoms with Gasteiger partial charge in [-0.05, 0) is 36.5 Å². The molecule has 2 aromatic rings. The fourth-order valence-electron chi connectivity index (χ4n) is 1.43. The summed E-state index contributed by atoms with van der Waals surface area (Å²) in [7, 11) is -3.40. The highest BCUT2D eigenvalue weighted by Gasteiger charge is 2.16. The van der Waals surface area contributed by atoms with Crippen LogP contribution in [0.3, 0.4) is 0 Å². The molecule has 0 aliphatic rings. The lowest BCUT2D eigenvalue weighted by molar-refractivity contribution is 0.584. The van der Waals surface area contributed by atoms with Crippen molar-refractivity contribution in [2.24, 2.45) is 5.73 Å². The van der Waals surface area contributed by atoms with Gasteiger partial charge in [0.1, 0.15) is 4.21 Å². The predicted octanol–water partition coefficient (Wildman–Crippen LogP) is 1.79. The number of thiophene rings is 2. The fourth-order valence-corrected chi connectivity index (χ4v) is 4.59. The van der Waals surface area contributed by atoms with E-state index < -0.39 is 10.0 Å². The molecule has 98 valence electrons. The molecule has 0 amide bonds. The third-order valence-corrected chi connectivity index (χ3v) is 6.22. The molecule has 0 bridgehead atoms. The summed E-state index contributed by atoms with van der Waals surface area (Å²) >= 11 is 2.81. The van der Waals surface area contributed by atoms with Gasteiger partial charge in [0, 0.05) is 16.3 Å². The van der Waals surface area contributed by atoms with Crippen molar-refractivity contribution < 1.29 is 8.42 Å². The number of nitrogens with one attached hydrogen (secondary N) is 1. The minimum absolute atomic E-state index is 0.337. The van der Waals surface area contributed by atoms with E-state index in [2.05, 4.69) is 4.72 Å². The van der Waals surface area contributed by atoms with E-state index >= 15 is 0 Å². The van der Waals surface area contributed by atoms with Gasteiger partial charge >= 0.3 is 0 Å². The molecule has 0 saturated heterocycles. The van der Waals surface area contributed by atoms with Gasteiger partial charge in [-0.15, -0.1) is 22.7 Å². The standard InChI is InChI=1S/C11H14N2O2S3/c12-6-5-9-3-4-11(17-9)18(14,15)13-8-10-2-1-7-16-10/h1-4,7,13H,5-6,8,12H2. The number of sulfonamides is 1. The Labute approximate surface area is 115 Å². The van der Waals surface area contributed by atoms with E-state index in [0.717, 1.165) is 9.75 Å². The summed E-state index contributed by atoms with van der Waals surface area (Å²) in [4.78, 5) is 1.99. The van der Waals surface area contributed by atoms with Crippen LogP contribution < -0.4 is 10.5 Å². The summed E-state index contributed by atoms with van der Waals surface area (Å²) in [6, 6.07) is 7.25. The van der Waals surface area contributed by atoms with Gasteiger partial charge in [-0.1, -0.05) is 6.07 Å². The molecule has 0 unspecified atom stereocenters. The van der Waals surface area contributed by atoms with Crippen molar-refractivity contribution in [2.45, 2.75) is 17.2 Å². The lowest BCUT2D eigenvalue weighted by atomic mass is 10.3. The molecule has 4 nitrogen and oxygen atoms in total. The number of hydrogen-bond donors (Lipinski definition) is 2. The quantitative estimate of drug-likeness (QED) is 0.854. The largest absolute Gasteiger partial charge is 0.330 e. The maximum Gasteiger partial charge on any atom is 0.250 e. The lowest BCUT2D eigenvalue weighted by Gasteiger charge is -2.02. The minimum atomic E-state index is -3.40. The van der Waals surface area contributed by atoms with E-state index in [1.807, 2.05) is 23.6 Å². The van der Waals surface area contributed by atoms with Crippen molar-refractivity contribution in [3.05, 3.63) is 39.4 Å². The van der Waals surface area contributed by atoms with Crippen LogP contribution in [-0.4, -0.2) is 15.0 Å². The van der Waals surface area contributed by atoms with Gasteiger partial charge < -0.3 is 5.73 Å². The van der Waals surface area contributed by atoms with E-state index in [0.29, 0.717) is 23.7 Å². The highest BCUT2D eigenvalue weighted by atomic mass is 32.2. The van der Waals surface area contributed by atoms with Crippen molar-refractivity contribution in [1.29, 1.82) is 0 Å². The zero-order valence-corrected chi connectivity index (χ0v) is 12.1. The van der Waals surface area contributed by atoms with Gasteiger partial charge in [-0.25, -0.2) is 13.1 Å². The molecule has 18 heavy (non-hydrogen) atoms. The first-order chi connectivity index (χ1) is 8.62. The van der Waals surface area contributed by atoms with E-state index in [9.17, 15) is 8.42 Å². The molecule has 0 spiro atoms. The summed E-state index contributed by atoms with van der Waals surface area (Å²) in [6.45, 7) is 0.868. The molecule has 0 aromatic carbocycles. The average Bonchev–Trinajstić information content (AvgIpc) is 2.98. The molecule has 7 heteroatoms. The Morgan fingerprint density at radius 3 is 2.72 bits per heavy atom. The SMILES string of the molecule is NCCc1ccc(S(=O)(=O)NCc2cccs2)s1. The molecule has 0 saturated carbocycles. The van der Waals surface area contributed by atoms with Crippen molar-refractivity contribution in [2.75, 3.05) is 6.54 Å². The topological polar surface area (TPSA) is 72.2 Å². The molecule has 0 aliphatic heterocycles. The first kappa shape index (κ1) is 13.7. The predicted molar refractivity (Wildman–Crippen MR) is 75.4 cm³/mol. The molecule has 0 radical (unpaired) electrons. The van der Waals surface area contributed by atoms with Crippen molar-refractivity contribution in [3.8, 4) is 0 Å². The number of nitrogens with two attached hydrogens (primary N) is 1. The Balaban J connectivity index is 2.05. The van der Waals surface area contributed by atoms with E-state index in [4.69, 9.17) is 5.73 Å². The number of rotatable bonds is 6. The smallest absolute Gasteiger partial charge is 0.250 e. The van der Waals surface area contributed by atoms with Crippen LogP contribution in [-0.2, 0) is 23.0 Å². The van der Waals surface area contributed by atoms with Gasteiger partial charge in [-0.3, -0.25) is 0 Å².